The number of thioether (sulfide) groups is 1. The SMILES string of the molecule is CCNC(=O)CSc1nccn1-c1cccc(C)c1. The Morgan fingerprint density at radius 2 is 2.32 bits per heavy atom. The second-order valence-electron chi connectivity index (χ2n) is 4.16. The van der Waals surface area contributed by atoms with Gasteiger partial charge in [0.15, 0.2) is 5.16 Å². The molecule has 0 bridgehead atoms. The van der Waals surface area contributed by atoms with Crippen molar-refractivity contribution in [3.05, 3.63) is 42.2 Å². The number of carbonyl (C=O) groups is 1. The van der Waals surface area contributed by atoms with Gasteiger partial charge in [-0.15, -0.1) is 0 Å². The van der Waals surface area contributed by atoms with Gasteiger partial charge in [-0.2, -0.15) is 0 Å². The Morgan fingerprint density at radius 1 is 1.47 bits per heavy atom. The fourth-order valence-electron chi connectivity index (χ4n) is 1.75. The van der Waals surface area contributed by atoms with E-state index in [1.54, 1.807) is 6.20 Å². The summed E-state index contributed by atoms with van der Waals surface area (Å²) in [4.78, 5) is 15.8. The molecule has 0 saturated heterocycles. The zero-order valence-electron chi connectivity index (χ0n) is 11.1. The van der Waals surface area contributed by atoms with Crippen LogP contribution in [0.2, 0.25) is 0 Å². The fourth-order valence-corrected chi connectivity index (χ4v) is 2.55. The molecule has 0 spiro atoms. The average molecular weight is 275 g/mol. The molecular weight excluding hydrogens is 258 g/mol. The van der Waals surface area contributed by atoms with Crippen molar-refractivity contribution in [1.82, 2.24) is 14.9 Å². The molecule has 1 N–H and O–H groups in total. The minimum absolute atomic E-state index is 0.0336. The molecule has 2 rings (SSSR count). The lowest BCUT2D eigenvalue weighted by atomic mass is 10.2. The average Bonchev–Trinajstić information content (AvgIpc) is 2.85. The van der Waals surface area contributed by atoms with E-state index in [-0.39, 0.29) is 5.91 Å². The molecule has 4 nitrogen and oxygen atoms in total. The summed E-state index contributed by atoms with van der Waals surface area (Å²) in [6.45, 7) is 4.63. The number of rotatable bonds is 5. The molecule has 0 fully saturated rings. The van der Waals surface area contributed by atoms with Crippen molar-refractivity contribution in [2.45, 2.75) is 19.0 Å². The molecule has 100 valence electrons. The predicted molar refractivity (Wildman–Crippen MR) is 77.7 cm³/mol. The van der Waals surface area contributed by atoms with Gasteiger partial charge < -0.3 is 5.32 Å². The molecule has 0 aliphatic rings. The van der Waals surface area contributed by atoms with E-state index in [2.05, 4.69) is 29.4 Å². The lowest BCUT2D eigenvalue weighted by Gasteiger charge is -2.08. The normalized spacial score (nSPS) is 10.4. The molecule has 1 aromatic carbocycles. The highest BCUT2D eigenvalue weighted by Gasteiger charge is 2.08. The third-order valence-corrected chi connectivity index (χ3v) is 3.56. The Balaban J connectivity index is 2.12. The Kier molecular flexibility index (Phi) is 4.63. The Hall–Kier alpha value is -1.75. The smallest absolute Gasteiger partial charge is 0.230 e. The van der Waals surface area contributed by atoms with Crippen LogP contribution in [-0.4, -0.2) is 27.8 Å². The number of aryl methyl sites for hydroxylation is 1. The van der Waals surface area contributed by atoms with E-state index >= 15 is 0 Å². The summed E-state index contributed by atoms with van der Waals surface area (Å²) in [5.41, 5.74) is 2.27. The first-order valence-corrected chi connectivity index (χ1v) is 7.19. The largest absolute Gasteiger partial charge is 0.356 e. The van der Waals surface area contributed by atoms with Crippen LogP contribution < -0.4 is 5.32 Å². The van der Waals surface area contributed by atoms with Crippen molar-refractivity contribution in [3.8, 4) is 5.69 Å². The van der Waals surface area contributed by atoms with Gasteiger partial charge >= 0.3 is 0 Å². The van der Waals surface area contributed by atoms with Crippen LogP contribution in [-0.2, 0) is 4.79 Å². The number of amides is 1. The van der Waals surface area contributed by atoms with Crippen molar-refractivity contribution in [3.63, 3.8) is 0 Å². The molecule has 0 unspecified atom stereocenters. The van der Waals surface area contributed by atoms with Gasteiger partial charge in [0.2, 0.25) is 5.91 Å². The summed E-state index contributed by atoms with van der Waals surface area (Å²) in [7, 11) is 0. The quantitative estimate of drug-likeness (QED) is 0.852. The summed E-state index contributed by atoms with van der Waals surface area (Å²) >= 11 is 1.44. The lowest BCUT2D eigenvalue weighted by Crippen LogP contribution is -2.24. The molecule has 0 aliphatic carbocycles. The summed E-state index contributed by atoms with van der Waals surface area (Å²) in [5, 5.41) is 3.61. The second-order valence-corrected chi connectivity index (χ2v) is 5.10. The number of aromatic nitrogens is 2. The molecule has 0 saturated carbocycles. The van der Waals surface area contributed by atoms with E-state index in [1.165, 1.54) is 17.3 Å². The number of carbonyl (C=O) groups excluding carboxylic acids is 1. The van der Waals surface area contributed by atoms with Gasteiger partial charge in [-0.25, -0.2) is 4.98 Å². The van der Waals surface area contributed by atoms with Crippen molar-refractivity contribution in [1.29, 1.82) is 0 Å². The topological polar surface area (TPSA) is 46.9 Å². The van der Waals surface area contributed by atoms with Crippen molar-refractivity contribution < 1.29 is 4.79 Å². The van der Waals surface area contributed by atoms with Crippen LogP contribution in [0.5, 0.6) is 0 Å². The van der Waals surface area contributed by atoms with Crippen molar-refractivity contribution in [2.24, 2.45) is 0 Å². The molecule has 0 aliphatic heterocycles. The highest BCUT2D eigenvalue weighted by atomic mass is 32.2. The van der Waals surface area contributed by atoms with Crippen LogP contribution in [0.3, 0.4) is 0 Å². The first kappa shape index (κ1) is 13.7. The summed E-state index contributed by atoms with van der Waals surface area (Å²) < 4.78 is 2.00. The third kappa shape index (κ3) is 3.61. The summed E-state index contributed by atoms with van der Waals surface area (Å²) in [6, 6.07) is 8.20. The van der Waals surface area contributed by atoms with Gasteiger partial charge in [0.05, 0.1) is 5.75 Å². The Labute approximate surface area is 117 Å². The van der Waals surface area contributed by atoms with Gasteiger partial charge in [-0.05, 0) is 31.5 Å². The highest BCUT2D eigenvalue weighted by molar-refractivity contribution is 7.99. The Morgan fingerprint density at radius 3 is 3.05 bits per heavy atom. The molecule has 0 atom stereocenters. The van der Waals surface area contributed by atoms with Gasteiger partial charge in [0.25, 0.3) is 0 Å². The zero-order valence-corrected chi connectivity index (χ0v) is 11.9. The number of benzene rings is 1. The van der Waals surface area contributed by atoms with E-state index < -0.39 is 0 Å². The Bertz CT molecular complexity index is 565. The van der Waals surface area contributed by atoms with E-state index in [4.69, 9.17) is 0 Å². The third-order valence-electron chi connectivity index (χ3n) is 2.59. The van der Waals surface area contributed by atoms with Crippen LogP contribution in [0.25, 0.3) is 5.69 Å². The number of nitrogens with one attached hydrogen (secondary N) is 1. The summed E-state index contributed by atoms with van der Waals surface area (Å²) in [5.74, 6) is 0.419. The highest BCUT2D eigenvalue weighted by Crippen LogP contribution is 2.20. The molecule has 1 amide bonds. The minimum Gasteiger partial charge on any atom is -0.356 e. The monoisotopic (exact) mass is 275 g/mol. The maximum atomic E-state index is 11.5. The first-order valence-electron chi connectivity index (χ1n) is 6.20. The molecule has 19 heavy (non-hydrogen) atoms. The number of hydrogen-bond donors (Lipinski definition) is 1. The van der Waals surface area contributed by atoms with Gasteiger partial charge in [-0.1, -0.05) is 23.9 Å². The van der Waals surface area contributed by atoms with Crippen LogP contribution in [0, 0.1) is 6.92 Å². The number of nitrogens with zero attached hydrogens (tertiary/aromatic N) is 2. The summed E-state index contributed by atoms with van der Waals surface area (Å²) in [6.07, 6.45) is 3.66. The van der Waals surface area contributed by atoms with Crippen molar-refractivity contribution >= 4 is 17.7 Å². The number of hydrogen-bond acceptors (Lipinski definition) is 3. The molecule has 5 heteroatoms. The molecule has 1 heterocycles. The van der Waals surface area contributed by atoms with Gasteiger partial charge in [0.1, 0.15) is 0 Å². The van der Waals surface area contributed by atoms with Gasteiger partial charge in [-0.3, -0.25) is 9.36 Å². The standard InChI is InChI=1S/C14H17N3OS/c1-3-15-13(18)10-19-14-16-7-8-17(14)12-6-4-5-11(2)9-12/h4-9H,3,10H2,1-2H3,(H,15,18). The molecule has 1 aromatic heterocycles. The maximum absolute atomic E-state index is 11.5. The van der Waals surface area contributed by atoms with E-state index in [0.717, 1.165) is 10.8 Å². The zero-order chi connectivity index (χ0) is 13.7. The molecule has 0 radical (unpaired) electrons. The van der Waals surface area contributed by atoms with Crippen molar-refractivity contribution in [2.75, 3.05) is 12.3 Å². The van der Waals surface area contributed by atoms with Gasteiger partial charge in [0, 0.05) is 24.6 Å². The minimum atomic E-state index is 0.0336. The van der Waals surface area contributed by atoms with Crippen LogP contribution in [0.15, 0.2) is 41.8 Å². The lowest BCUT2D eigenvalue weighted by molar-refractivity contribution is -0.118. The maximum Gasteiger partial charge on any atom is 0.230 e. The van der Waals surface area contributed by atoms with E-state index in [9.17, 15) is 4.79 Å². The fraction of sp³-hybridized carbons (Fsp3) is 0.286. The van der Waals surface area contributed by atoms with E-state index in [0.29, 0.717) is 12.3 Å². The van der Waals surface area contributed by atoms with Crippen LogP contribution in [0.4, 0.5) is 0 Å². The number of imidazole rings is 1. The van der Waals surface area contributed by atoms with Crippen LogP contribution in [0.1, 0.15) is 12.5 Å². The van der Waals surface area contributed by atoms with Crippen LogP contribution >= 0.6 is 11.8 Å². The molecular formula is C14H17N3OS. The first-order chi connectivity index (χ1) is 9.20. The predicted octanol–water partition coefficient (Wildman–Crippen LogP) is 2.41. The van der Waals surface area contributed by atoms with E-state index in [1.807, 2.05) is 29.8 Å². The molecule has 2 aromatic rings. The second kappa shape index (κ2) is 6.43.